The van der Waals surface area contributed by atoms with Crippen LogP contribution in [0, 0.1) is 0 Å². The van der Waals surface area contributed by atoms with Crippen LogP contribution in [0.25, 0.3) is 11.3 Å². The van der Waals surface area contributed by atoms with Crippen molar-refractivity contribution in [3.05, 3.63) is 58.1 Å². The van der Waals surface area contributed by atoms with E-state index in [9.17, 15) is 9.59 Å². The van der Waals surface area contributed by atoms with Crippen LogP contribution in [0.2, 0.25) is 0 Å². The van der Waals surface area contributed by atoms with E-state index in [1.54, 1.807) is 11.4 Å². The minimum Gasteiger partial charge on any atom is -0.352 e. The van der Waals surface area contributed by atoms with Gasteiger partial charge in [0.1, 0.15) is 0 Å². The maximum Gasteiger partial charge on any atom is 0.252 e. The van der Waals surface area contributed by atoms with Crippen LogP contribution in [0.15, 0.2) is 52.5 Å². The van der Waals surface area contributed by atoms with Gasteiger partial charge in [-0.15, -0.1) is 11.3 Å². The number of thiazole rings is 1. The van der Waals surface area contributed by atoms with Crippen LogP contribution in [-0.2, 0) is 4.79 Å². The average Bonchev–Trinajstić information content (AvgIpc) is 3.31. The van der Waals surface area contributed by atoms with Gasteiger partial charge in [0.25, 0.3) is 5.91 Å². The van der Waals surface area contributed by atoms with Crippen molar-refractivity contribution in [2.45, 2.75) is 12.8 Å². The molecule has 2 N–H and O–H groups in total. The molecule has 5 nitrogen and oxygen atoms in total. The lowest BCUT2D eigenvalue weighted by Crippen LogP contribution is -2.25. The minimum atomic E-state index is -0.103. The highest BCUT2D eigenvalue weighted by atomic mass is 32.1. The Labute approximate surface area is 153 Å². The molecule has 0 atom stereocenters. The molecule has 0 saturated heterocycles. The highest BCUT2D eigenvalue weighted by Crippen LogP contribution is 2.24. The molecule has 0 aliphatic rings. The summed E-state index contributed by atoms with van der Waals surface area (Å²) in [5, 5.41) is 11.8. The van der Waals surface area contributed by atoms with Gasteiger partial charge >= 0.3 is 0 Å². The van der Waals surface area contributed by atoms with Crippen LogP contribution >= 0.6 is 22.7 Å². The van der Waals surface area contributed by atoms with Gasteiger partial charge in [-0.1, -0.05) is 30.3 Å². The molecule has 0 bridgehead atoms. The van der Waals surface area contributed by atoms with Crippen molar-refractivity contribution in [2.24, 2.45) is 0 Å². The number of thiophene rings is 1. The number of anilines is 1. The monoisotopic (exact) mass is 371 g/mol. The molecule has 0 radical (unpaired) electrons. The summed E-state index contributed by atoms with van der Waals surface area (Å²) in [4.78, 5) is 28.2. The summed E-state index contributed by atoms with van der Waals surface area (Å²) in [7, 11) is 0. The van der Waals surface area contributed by atoms with E-state index >= 15 is 0 Å². The molecule has 2 aromatic heterocycles. The van der Waals surface area contributed by atoms with Crippen molar-refractivity contribution in [1.29, 1.82) is 0 Å². The van der Waals surface area contributed by atoms with Gasteiger partial charge in [0, 0.05) is 34.9 Å². The lowest BCUT2D eigenvalue weighted by Gasteiger charge is -2.04. The van der Waals surface area contributed by atoms with Gasteiger partial charge in [-0.3, -0.25) is 9.59 Å². The van der Waals surface area contributed by atoms with Crippen LogP contribution in [0.1, 0.15) is 23.2 Å². The van der Waals surface area contributed by atoms with Crippen molar-refractivity contribution in [2.75, 3.05) is 11.9 Å². The second-order valence-corrected chi connectivity index (χ2v) is 6.96. The fraction of sp³-hybridized carbons (Fsp3) is 0.167. The van der Waals surface area contributed by atoms with Gasteiger partial charge in [-0.05, 0) is 17.9 Å². The molecule has 2 amide bonds. The van der Waals surface area contributed by atoms with Crippen molar-refractivity contribution < 1.29 is 9.59 Å². The second-order valence-electron chi connectivity index (χ2n) is 5.32. The van der Waals surface area contributed by atoms with E-state index in [0.29, 0.717) is 30.1 Å². The molecule has 0 unspecified atom stereocenters. The smallest absolute Gasteiger partial charge is 0.252 e. The summed E-state index contributed by atoms with van der Waals surface area (Å²) >= 11 is 2.89. The van der Waals surface area contributed by atoms with Crippen LogP contribution in [0.3, 0.4) is 0 Å². The van der Waals surface area contributed by atoms with Crippen molar-refractivity contribution >= 4 is 39.6 Å². The summed E-state index contributed by atoms with van der Waals surface area (Å²) in [6.07, 6.45) is 0.919. The number of rotatable bonds is 7. The Bertz CT molecular complexity index is 829. The van der Waals surface area contributed by atoms with Gasteiger partial charge in [0.15, 0.2) is 5.13 Å². The quantitative estimate of drug-likeness (QED) is 0.616. The Morgan fingerprint density at radius 2 is 1.92 bits per heavy atom. The Morgan fingerprint density at radius 1 is 1.08 bits per heavy atom. The third-order valence-electron chi connectivity index (χ3n) is 3.47. The zero-order valence-corrected chi connectivity index (χ0v) is 15.0. The predicted octanol–water partition coefficient (Wildman–Crippen LogP) is 4.02. The molecule has 0 fully saturated rings. The van der Waals surface area contributed by atoms with E-state index in [0.717, 1.165) is 11.3 Å². The third kappa shape index (κ3) is 4.98. The van der Waals surface area contributed by atoms with E-state index in [-0.39, 0.29) is 11.8 Å². The summed E-state index contributed by atoms with van der Waals surface area (Å²) < 4.78 is 0. The molecular weight excluding hydrogens is 354 g/mol. The first-order valence-corrected chi connectivity index (χ1v) is 9.66. The number of nitrogens with one attached hydrogen (secondary N) is 2. The fourth-order valence-electron chi connectivity index (χ4n) is 2.20. The molecule has 2 heterocycles. The molecule has 0 spiro atoms. The Morgan fingerprint density at radius 3 is 2.68 bits per heavy atom. The number of benzene rings is 1. The molecule has 0 aliphatic carbocycles. The molecule has 0 saturated carbocycles. The van der Waals surface area contributed by atoms with E-state index < -0.39 is 0 Å². The Balaban J connectivity index is 1.41. The van der Waals surface area contributed by atoms with E-state index in [1.165, 1.54) is 22.7 Å². The SMILES string of the molecule is O=C(CCCNC(=O)c1ccsc1)Nc1nc(-c2ccccc2)cs1. The molecule has 128 valence electrons. The van der Waals surface area contributed by atoms with Crippen LogP contribution in [0.5, 0.6) is 0 Å². The molecule has 0 aliphatic heterocycles. The molecule has 3 rings (SSSR count). The topological polar surface area (TPSA) is 71.1 Å². The van der Waals surface area contributed by atoms with Gasteiger partial charge < -0.3 is 10.6 Å². The number of carbonyl (C=O) groups excluding carboxylic acids is 2. The first-order chi connectivity index (χ1) is 12.2. The number of amides is 2. The highest BCUT2D eigenvalue weighted by Gasteiger charge is 2.09. The molecule has 25 heavy (non-hydrogen) atoms. The second kappa shape index (κ2) is 8.55. The van der Waals surface area contributed by atoms with Crippen molar-refractivity contribution in [1.82, 2.24) is 10.3 Å². The Hall–Kier alpha value is -2.51. The van der Waals surface area contributed by atoms with Gasteiger partial charge in [-0.25, -0.2) is 4.98 Å². The summed E-state index contributed by atoms with van der Waals surface area (Å²) in [6, 6.07) is 11.6. The van der Waals surface area contributed by atoms with Crippen molar-refractivity contribution in [3.8, 4) is 11.3 Å². The molecule has 3 aromatic rings. The summed E-state index contributed by atoms with van der Waals surface area (Å²) in [5.74, 6) is -0.201. The summed E-state index contributed by atoms with van der Waals surface area (Å²) in [5.41, 5.74) is 2.53. The maximum atomic E-state index is 12.0. The molecule has 7 heteroatoms. The first-order valence-electron chi connectivity index (χ1n) is 7.83. The van der Waals surface area contributed by atoms with E-state index in [4.69, 9.17) is 0 Å². The van der Waals surface area contributed by atoms with Gasteiger partial charge in [0.2, 0.25) is 5.91 Å². The lowest BCUT2D eigenvalue weighted by molar-refractivity contribution is -0.116. The standard InChI is InChI=1S/C18H17N3O2S2/c22-16(7-4-9-19-17(23)14-8-10-24-11-14)21-18-20-15(12-25-18)13-5-2-1-3-6-13/h1-3,5-6,8,10-12H,4,7,9H2,(H,19,23)(H,20,21,22). The molecule has 1 aromatic carbocycles. The highest BCUT2D eigenvalue weighted by molar-refractivity contribution is 7.14. The zero-order chi connectivity index (χ0) is 17.5. The van der Waals surface area contributed by atoms with Gasteiger partial charge in [-0.2, -0.15) is 11.3 Å². The number of hydrogen-bond acceptors (Lipinski definition) is 5. The van der Waals surface area contributed by atoms with Crippen LogP contribution in [-0.4, -0.2) is 23.3 Å². The number of nitrogens with zero attached hydrogens (tertiary/aromatic N) is 1. The Kier molecular flexibility index (Phi) is 5.92. The van der Waals surface area contributed by atoms with E-state index in [2.05, 4.69) is 15.6 Å². The number of aromatic nitrogens is 1. The first kappa shape index (κ1) is 17.3. The average molecular weight is 371 g/mol. The minimum absolute atomic E-state index is 0.0984. The van der Waals surface area contributed by atoms with Crippen LogP contribution < -0.4 is 10.6 Å². The molecular formula is C18H17N3O2S2. The van der Waals surface area contributed by atoms with E-state index in [1.807, 2.05) is 41.1 Å². The number of hydrogen-bond donors (Lipinski definition) is 2. The van der Waals surface area contributed by atoms with Crippen molar-refractivity contribution in [3.63, 3.8) is 0 Å². The zero-order valence-electron chi connectivity index (χ0n) is 13.4. The fourth-order valence-corrected chi connectivity index (χ4v) is 3.57. The predicted molar refractivity (Wildman–Crippen MR) is 102 cm³/mol. The van der Waals surface area contributed by atoms with Crippen LogP contribution in [0.4, 0.5) is 5.13 Å². The number of carbonyl (C=O) groups is 2. The third-order valence-corrected chi connectivity index (χ3v) is 4.91. The summed E-state index contributed by atoms with van der Waals surface area (Å²) in [6.45, 7) is 0.467. The lowest BCUT2D eigenvalue weighted by atomic mass is 10.2. The normalized spacial score (nSPS) is 10.4. The largest absolute Gasteiger partial charge is 0.352 e. The maximum absolute atomic E-state index is 12.0. The van der Waals surface area contributed by atoms with Gasteiger partial charge in [0.05, 0.1) is 5.69 Å².